The summed E-state index contributed by atoms with van der Waals surface area (Å²) in [6.45, 7) is 11.6. The molecule has 176 valence electrons. The molecule has 4 heterocycles. The van der Waals surface area contributed by atoms with Gasteiger partial charge in [-0.05, 0) is 34.1 Å². The van der Waals surface area contributed by atoms with E-state index in [1.54, 1.807) is 21.6 Å². The van der Waals surface area contributed by atoms with Gasteiger partial charge in [-0.15, -0.1) is 11.8 Å². The highest BCUT2D eigenvalue weighted by atomic mass is 32.2. The second kappa shape index (κ2) is 7.90. The first kappa shape index (κ1) is 23.4. The molecule has 5 atom stereocenters. The van der Waals surface area contributed by atoms with Gasteiger partial charge in [0.25, 0.3) is 0 Å². The average molecular weight is 462 g/mol. The van der Waals surface area contributed by atoms with E-state index < -0.39 is 32.9 Å². The van der Waals surface area contributed by atoms with Gasteiger partial charge in [-0.3, -0.25) is 14.4 Å². The summed E-state index contributed by atoms with van der Waals surface area (Å²) in [5, 5.41) is 9.74. The normalized spacial score (nSPS) is 36.9. The molecule has 0 aromatic carbocycles. The second-order valence-electron chi connectivity index (χ2n) is 10.5. The third-order valence-corrected chi connectivity index (χ3v) is 9.08. The molecule has 1 spiro atoms. The van der Waals surface area contributed by atoms with E-state index in [1.165, 1.54) is 0 Å². The van der Waals surface area contributed by atoms with Gasteiger partial charge in [-0.1, -0.05) is 31.2 Å². The number of hydrogen-bond donors (Lipinski definition) is 1. The van der Waals surface area contributed by atoms with E-state index in [0.29, 0.717) is 19.6 Å². The van der Waals surface area contributed by atoms with E-state index >= 15 is 0 Å². The third-order valence-electron chi connectivity index (χ3n) is 7.28. The Labute approximate surface area is 194 Å². The summed E-state index contributed by atoms with van der Waals surface area (Å²) < 4.78 is -1.41. The lowest BCUT2D eigenvalue weighted by Crippen LogP contribution is -2.57. The number of aliphatic hydroxyl groups is 1. The summed E-state index contributed by atoms with van der Waals surface area (Å²) >= 11 is 1.59. The van der Waals surface area contributed by atoms with Gasteiger partial charge in [0.05, 0.1) is 23.2 Å². The van der Waals surface area contributed by atoms with Crippen LogP contribution >= 0.6 is 11.8 Å². The molecule has 8 heteroatoms. The number of fused-ring (bicyclic) bond motifs is 2. The number of nitrogens with zero attached hydrogens (tertiary/aromatic N) is 3. The van der Waals surface area contributed by atoms with Crippen LogP contribution in [0.1, 0.15) is 41.0 Å². The highest BCUT2D eigenvalue weighted by Gasteiger charge is 2.74. The van der Waals surface area contributed by atoms with E-state index in [-0.39, 0.29) is 30.9 Å². The van der Waals surface area contributed by atoms with Crippen molar-refractivity contribution in [3.63, 3.8) is 0 Å². The van der Waals surface area contributed by atoms with Crippen molar-refractivity contribution < 1.29 is 19.5 Å². The van der Waals surface area contributed by atoms with Crippen molar-refractivity contribution in [3.05, 3.63) is 24.3 Å². The van der Waals surface area contributed by atoms with Crippen LogP contribution in [0.25, 0.3) is 0 Å². The molecule has 0 saturated carbocycles. The number of thioether (sulfide) groups is 1. The molecule has 1 unspecified atom stereocenters. The predicted octanol–water partition coefficient (Wildman–Crippen LogP) is 1.67. The maximum Gasteiger partial charge on any atom is 0.247 e. The molecule has 4 rings (SSSR count). The van der Waals surface area contributed by atoms with Crippen LogP contribution in [0.3, 0.4) is 0 Å². The zero-order valence-corrected chi connectivity index (χ0v) is 20.5. The summed E-state index contributed by atoms with van der Waals surface area (Å²) in [6, 6.07) is -0.736. The van der Waals surface area contributed by atoms with E-state index in [2.05, 4.69) is 6.08 Å². The predicted molar refractivity (Wildman–Crippen MR) is 125 cm³/mol. The Bertz CT molecular complexity index is 881. The van der Waals surface area contributed by atoms with Gasteiger partial charge < -0.3 is 19.8 Å². The van der Waals surface area contributed by atoms with Crippen LogP contribution in [0.2, 0.25) is 0 Å². The SMILES string of the molecule is CCCN1CC=C[C@@]2(C)S[C@]34C=CCN(C(C)(C)C)C(=O)C3N(CCO)C(=O)[C@@H]4[C@H]2C1=O. The number of rotatable bonds is 4. The molecule has 0 aliphatic carbocycles. The lowest BCUT2D eigenvalue weighted by atomic mass is 9.74. The Morgan fingerprint density at radius 2 is 1.72 bits per heavy atom. The smallest absolute Gasteiger partial charge is 0.247 e. The summed E-state index contributed by atoms with van der Waals surface area (Å²) in [4.78, 5) is 46.8. The van der Waals surface area contributed by atoms with Crippen LogP contribution in [0.5, 0.6) is 0 Å². The van der Waals surface area contributed by atoms with E-state index in [4.69, 9.17) is 0 Å². The maximum atomic E-state index is 14.0. The Morgan fingerprint density at radius 1 is 1.03 bits per heavy atom. The van der Waals surface area contributed by atoms with Gasteiger partial charge in [0, 0.05) is 36.5 Å². The fraction of sp³-hybridized carbons (Fsp3) is 0.708. The van der Waals surface area contributed by atoms with Gasteiger partial charge in [-0.2, -0.15) is 0 Å². The van der Waals surface area contributed by atoms with Crippen molar-refractivity contribution >= 4 is 29.5 Å². The van der Waals surface area contributed by atoms with Gasteiger partial charge >= 0.3 is 0 Å². The highest BCUT2D eigenvalue weighted by Crippen LogP contribution is 2.65. The fourth-order valence-electron chi connectivity index (χ4n) is 5.99. The van der Waals surface area contributed by atoms with Gasteiger partial charge in [0.2, 0.25) is 17.7 Å². The molecule has 4 aliphatic rings. The van der Waals surface area contributed by atoms with Crippen molar-refractivity contribution in [2.45, 2.75) is 62.1 Å². The number of carbonyl (C=O) groups excluding carboxylic acids is 3. The first-order chi connectivity index (χ1) is 15.0. The summed E-state index contributed by atoms with van der Waals surface area (Å²) in [5.41, 5.74) is -0.413. The van der Waals surface area contributed by atoms with Crippen LogP contribution in [0.15, 0.2) is 24.3 Å². The Hall–Kier alpha value is -1.80. The van der Waals surface area contributed by atoms with Crippen molar-refractivity contribution in [2.24, 2.45) is 11.8 Å². The molecule has 32 heavy (non-hydrogen) atoms. The summed E-state index contributed by atoms with van der Waals surface area (Å²) in [6.07, 6.45) is 8.97. The van der Waals surface area contributed by atoms with Gasteiger partial charge in [-0.25, -0.2) is 0 Å². The minimum atomic E-state index is -0.835. The monoisotopic (exact) mass is 461 g/mol. The zero-order valence-electron chi connectivity index (χ0n) is 19.7. The molecular formula is C24H35N3O4S. The van der Waals surface area contributed by atoms with Gasteiger partial charge in [0.15, 0.2) is 0 Å². The van der Waals surface area contributed by atoms with Crippen molar-refractivity contribution in [1.82, 2.24) is 14.7 Å². The number of amides is 3. The molecule has 2 saturated heterocycles. The molecule has 1 N–H and O–H groups in total. The minimum absolute atomic E-state index is 0.00977. The average Bonchev–Trinajstić information content (AvgIpc) is 2.95. The molecule has 7 nitrogen and oxygen atoms in total. The third kappa shape index (κ3) is 3.24. The Kier molecular flexibility index (Phi) is 5.77. The summed E-state index contributed by atoms with van der Waals surface area (Å²) in [5.74, 6) is -1.50. The number of hydrogen-bond acceptors (Lipinski definition) is 5. The zero-order chi connectivity index (χ0) is 23.5. The summed E-state index contributed by atoms with van der Waals surface area (Å²) in [7, 11) is 0. The first-order valence-corrected chi connectivity index (χ1v) is 12.4. The van der Waals surface area contributed by atoms with Crippen LogP contribution in [0, 0.1) is 11.8 Å². The standard InChI is InChI=1S/C24H35N3O4S/c1-6-11-25-12-7-9-23(5)16(19(25)29)17-20(30)26(14-15-28)18-21(31)27(22(2,3)4)13-8-10-24(17,18)32-23/h7-10,16-18,28H,6,11-15H2,1-5H3/t16-,17-,18?,23+,24-/m0/s1. The molecule has 4 aliphatic heterocycles. The van der Waals surface area contributed by atoms with Crippen molar-refractivity contribution in [3.8, 4) is 0 Å². The number of carbonyl (C=O) groups is 3. The van der Waals surface area contributed by atoms with Crippen LogP contribution in [-0.2, 0) is 14.4 Å². The van der Waals surface area contributed by atoms with E-state index in [0.717, 1.165) is 6.42 Å². The molecule has 0 radical (unpaired) electrons. The van der Waals surface area contributed by atoms with Crippen LogP contribution in [0.4, 0.5) is 0 Å². The van der Waals surface area contributed by atoms with Crippen molar-refractivity contribution in [2.75, 3.05) is 32.8 Å². The van der Waals surface area contributed by atoms with E-state index in [1.807, 2.05) is 57.7 Å². The van der Waals surface area contributed by atoms with Gasteiger partial charge in [0.1, 0.15) is 6.04 Å². The second-order valence-corrected chi connectivity index (χ2v) is 12.3. The highest BCUT2D eigenvalue weighted by molar-refractivity contribution is 8.02. The lowest BCUT2D eigenvalue weighted by Gasteiger charge is -2.40. The first-order valence-electron chi connectivity index (χ1n) is 11.6. The quantitative estimate of drug-likeness (QED) is 0.644. The van der Waals surface area contributed by atoms with Crippen LogP contribution in [-0.4, -0.2) is 91.4 Å². The van der Waals surface area contributed by atoms with Crippen molar-refractivity contribution in [1.29, 1.82) is 0 Å². The van der Waals surface area contributed by atoms with Crippen LogP contribution < -0.4 is 0 Å². The minimum Gasteiger partial charge on any atom is -0.395 e. The topological polar surface area (TPSA) is 81.2 Å². The Balaban J connectivity index is 1.87. The fourth-order valence-corrected chi connectivity index (χ4v) is 8.15. The molecule has 3 amide bonds. The molecule has 0 aromatic heterocycles. The Morgan fingerprint density at radius 3 is 2.34 bits per heavy atom. The molecular weight excluding hydrogens is 426 g/mol. The maximum absolute atomic E-state index is 14.0. The van der Waals surface area contributed by atoms with E-state index in [9.17, 15) is 19.5 Å². The lowest BCUT2D eigenvalue weighted by molar-refractivity contribution is -0.146. The molecule has 0 bridgehead atoms. The largest absolute Gasteiger partial charge is 0.395 e. The number of aliphatic hydroxyl groups excluding tert-OH is 1. The number of β-amino-alcohol motifs (C(OH)–C–C–N with tert-alkyl or cyclic N) is 1. The molecule has 2 fully saturated rings. The number of likely N-dealkylation sites (tertiary alicyclic amines) is 1. The molecule has 0 aromatic rings.